The van der Waals surface area contributed by atoms with Gasteiger partial charge in [0.1, 0.15) is 5.41 Å². The van der Waals surface area contributed by atoms with Gasteiger partial charge in [-0.15, -0.1) is 0 Å². The summed E-state index contributed by atoms with van der Waals surface area (Å²) < 4.78 is 10.2. The molecule has 1 aliphatic heterocycles. The minimum atomic E-state index is -1.38. The van der Waals surface area contributed by atoms with Crippen LogP contribution in [0.4, 0.5) is 0 Å². The first kappa shape index (κ1) is 19.5. The van der Waals surface area contributed by atoms with E-state index in [4.69, 9.17) is 9.47 Å². The van der Waals surface area contributed by atoms with E-state index in [2.05, 4.69) is 11.6 Å². The number of esters is 2. The minimum absolute atomic E-state index is 0.253. The van der Waals surface area contributed by atoms with Crippen molar-refractivity contribution in [2.45, 2.75) is 18.4 Å². The standard InChI is InChI=1S/C23H23NO4/c1-17-22(20(25)27-2,14-18-10-6-4-7-11-18)16-24-23(17,21(26)28-3)15-19-12-8-5-9-13-19/h4-13,16H,1,14-15H2,2-3H3/t22-,23-/m1/s1. The smallest absolute Gasteiger partial charge is 0.338 e. The quantitative estimate of drug-likeness (QED) is 0.573. The van der Waals surface area contributed by atoms with Crippen molar-refractivity contribution >= 4 is 18.2 Å². The molecule has 0 saturated heterocycles. The molecule has 0 saturated carbocycles. The van der Waals surface area contributed by atoms with Crippen LogP contribution in [-0.4, -0.2) is 37.9 Å². The Morgan fingerprint density at radius 1 is 0.857 bits per heavy atom. The van der Waals surface area contributed by atoms with E-state index in [1.807, 2.05) is 60.7 Å². The first-order valence-corrected chi connectivity index (χ1v) is 8.99. The molecule has 0 fully saturated rings. The van der Waals surface area contributed by atoms with Crippen molar-refractivity contribution in [3.05, 3.63) is 83.9 Å². The molecule has 2 atom stereocenters. The molecule has 5 heteroatoms. The van der Waals surface area contributed by atoms with E-state index < -0.39 is 22.9 Å². The highest BCUT2D eigenvalue weighted by Crippen LogP contribution is 2.46. The Balaban J connectivity index is 2.07. The van der Waals surface area contributed by atoms with Gasteiger partial charge in [0.2, 0.25) is 0 Å². The first-order chi connectivity index (χ1) is 13.5. The zero-order valence-electron chi connectivity index (χ0n) is 16.1. The lowest BCUT2D eigenvalue weighted by atomic mass is 9.70. The molecule has 2 aromatic carbocycles. The first-order valence-electron chi connectivity index (χ1n) is 8.99. The average Bonchev–Trinajstić information content (AvgIpc) is 3.02. The molecule has 0 unspecified atom stereocenters. The number of hydrogen-bond acceptors (Lipinski definition) is 5. The van der Waals surface area contributed by atoms with Crippen LogP contribution < -0.4 is 0 Å². The van der Waals surface area contributed by atoms with Crippen LogP contribution in [0.25, 0.3) is 0 Å². The fourth-order valence-electron chi connectivity index (χ4n) is 3.71. The number of carbonyl (C=O) groups is 2. The number of aliphatic imine (C=N–C) groups is 1. The van der Waals surface area contributed by atoms with E-state index in [1.54, 1.807) is 0 Å². The third-order valence-electron chi connectivity index (χ3n) is 5.24. The molecule has 0 bridgehead atoms. The van der Waals surface area contributed by atoms with Gasteiger partial charge in [-0.05, 0) is 23.1 Å². The van der Waals surface area contributed by atoms with Crippen LogP contribution in [0.5, 0.6) is 0 Å². The predicted octanol–water partition coefficient (Wildman–Crippen LogP) is 3.18. The average molecular weight is 377 g/mol. The second-order valence-electron chi connectivity index (χ2n) is 6.88. The van der Waals surface area contributed by atoms with Crippen molar-refractivity contribution in [3.63, 3.8) is 0 Å². The summed E-state index contributed by atoms with van der Waals surface area (Å²) in [4.78, 5) is 30.3. The Bertz CT molecular complexity index is 833. The molecular weight excluding hydrogens is 354 g/mol. The molecule has 28 heavy (non-hydrogen) atoms. The fraction of sp³-hybridized carbons (Fsp3) is 0.261. The number of hydrogen-bond donors (Lipinski definition) is 0. The lowest BCUT2D eigenvalue weighted by molar-refractivity contribution is -0.148. The number of nitrogens with zero attached hydrogens (tertiary/aromatic N) is 1. The van der Waals surface area contributed by atoms with Crippen molar-refractivity contribution in [2.75, 3.05) is 14.2 Å². The summed E-state index contributed by atoms with van der Waals surface area (Å²) in [6, 6.07) is 19.0. The van der Waals surface area contributed by atoms with Crippen LogP contribution in [0.3, 0.4) is 0 Å². The summed E-state index contributed by atoms with van der Waals surface area (Å²) in [5.41, 5.74) is -0.433. The van der Waals surface area contributed by atoms with Crippen molar-refractivity contribution in [1.29, 1.82) is 0 Å². The lowest BCUT2D eigenvalue weighted by Crippen LogP contribution is -2.46. The second-order valence-corrected chi connectivity index (χ2v) is 6.88. The topological polar surface area (TPSA) is 65.0 Å². The summed E-state index contributed by atoms with van der Waals surface area (Å²) in [5.74, 6) is -1.04. The van der Waals surface area contributed by atoms with E-state index >= 15 is 0 Å². The van der Waals surface area contributed by atoms with Crippen LogP contribution in [0, 0.1) is 5.41 Å². The SMILES string of the molecule is C=C1[C@](Cc2ccccc2)(C(=O)OC)C=N[C@@]1(Cc1ccccc1)C(=O)OC. The summed E-state index contributed by atoms with van der Waals surface area (Å²) in [6.45, 7) is 4.17. The van der Waals surface area contributed by atoms with E-state index in [0.29, 0.717) is 12.0 Å². The zero-order chi connectivity index (χ0) is 20.2. The van der Waals surface area contributed by atoms with Gasteiger partial charge in [0, 0.05) is 12.6 Å². The number of ether oxygens (including phenoxy) is 2. The Kier molecular flexibility index (Phi) is 5.45. The maximum atomic E-state index is 12.9. The monoisotopic (exact) mass is 377 g/mol. The van der Waals surface area contributed by atoms with Gasteiger partial charge in [0.05, 0.1) is 14.2 Å². The van der Waals surface area contributed by atoms with Gasteiger partial charge in [-0.2, -0.15) is 0 Å². The molecule has 5 nitrogen and oxygen atoms in total. The third kappa shape index (κ3) is 3.24. The third-order valence-corrected chi connectivity index (χ3v) is 5.24. The second kappa shape index (κ2) is 7.80. The Morgan fingerprint density at radius 2 is 1.36 bits per heavy atom. The molecule has 1 heterocycles. The number of methoxy groups -OCH3 is 2. The fourth-order valence-corrected chi connectivity index (χ4v) is 3.71. The molecular formula is C23H23NO4. The van der Waals surface area contributed by atoms with Gasteiger partial charge in [-0.25, -0.2) is 4.79 Å². The Labute approximate surface area is 164 Å². The molecule has 2 aromatic rings. The van der Waals surface area contributed by atoms with Crippen LogP contribution in [0.1, 0.15) is 11.1 Å². The Hall–Kier alpha value is -3.21. The molecule has 0 spiro atoms. The van der Waals surface area contributed by atoms with Crippen molar-refractivity contribution in [3.8, 4) is 0 Å². The zero-order valence-corrected chi connectivity index (χ0v) is 16.1. The molecule has 144 valence electrons. The Morgan fingerprint density at radius 3 is 1.86 bits per heavy atom. The number of benzene rings is 2. The highest BCUT2D eigenvalue weighted by atomic mass is 16.5. The molecule has 0 aliphatic carbocycles. The van der Waals surface area contributed by atoms with Gasteiger partial charge in [-0.3, -0.25) is 9.79 Å². The van der Waals surface area contributed by atoms with Crippen LogP contribution >= 0.6 is 0 Å². The molecule has 3 rings (SSSR count). The van der Waals surface area contributed by atoms with E-state index in [-0.39, 0.29) is 6.42 Å². The minimum Gasteiger partial charge on any atom is -0.468 e. The van der Waals surface area contributed by atoms with E-state index in [0.717, 1.165) is 11.1 Å². The highest BCUT2D eigenvalue weighted by Gasteiger charge is 2.58. The normalized spacial score (nSPS) is 23.4. The van der Waals surface area contributed by atoms with Crippen LogP contribution in [-0.2, 0) is 31.9 Å². The summed E-state index contributed by atoms with van der Waals surface area (Å²) in [7, 11) is 2.64. The van der Waals surface area contributed by atoms with Gasteiger partial charge < -0.3 is 9.47 Å². The van der Waals surface area contributed by atoms with E-state index in [9.17, 15) is 9.59 Å². The summed E-state index contributed by atoms with van der Waals surface area (Å²) >= 11 is 0. The summed E-state index contributed by atoms with van der Waals surface area (Å²) in [5, 5.41) is 0. The largest absolute Gasteiger partial charge is 0.468 e. The van der Waals surface area contributed by atoms with Gasteiger partial charge >= 0.3 is 11.9 Å². The highest BCUT2D eigenvalue weighted by molar-refractivity contribution is 6.06. The maximum absolute atomic E-state index is 12.9. The maximum Gasteiger partial charge on any atom is 0.338 e. The number of rotatable bonds is 6. The predicted molar refractivity (Wildman–Crippen MR) is 107 cm³/mol. The van der Waals surface area contributed by atoms with Crippen LogP contribution in [0.2, 0.25) is 0 Å². The van der Waals surface area contributed by atoms with Crippen molar-refractivity contribution < 1.29 is 19.1 Å². The number of carbonyl (C=O) groups excluding carboxylic acids is 2. The molecule has 0 aromatic heterocycles. The van der Waals surface area contributed by atoms with Crippen molar-refractivity contribution in [2.24, 2.45) is 10.4 Å². The van der Waals surface area contributed by atoms with Crippen LogP contribution in [0.15, 0.2) is 77.8 Å². The molecule has 0 amide bonds. The van der Waals surface area contributed by atoms with Gasteiger partial charge in [0.15, 0.2) is 5.54 Å². The lowest BCUT2D eigenvalue weighted by Gasteiger charge is -2.32. The molecule has 0 radical (unpaired) electrons. The van der Waals surface area contributed by atoms with Gasteiger partial charge in [0.25, 0.3) is 0 Å². The van der Waals surface area contributed by atoms with Gasteiger partial charge in [-0.1, -0.05) is 67.2 Å². The van der Waals surface area contributed by atoms with Crippen molar-refractivity contribution in [1.82, 2.24) is 0 Å². The molecule has 0 N–H and O–H groups in total. The van der Waals surface area contributed by atoms with E-state index in [1.165, 1.54) is 20.4 Å². The molecule has 1 aliphatic rings. The summed E-state index contributed by atoms with van der Waals surface area (Å²) in [6.07, 6.45) is 2.06.